The second-order valence-corrected chi connectivity index (χ2v) is 5.02. The smallest absolute Gasteiger partial charge is 0.213 e. The summed E-state index contributed by atoms with van der Waals surface area (Å²) in [4.78, 5) is 8.58. The summed E-state index contributed by atoms with van der Waals surface area (Å²) < 4.78 is 16.0. The summed E-state index contributed by atoms with van der Waals surface area (Å²) in [6.07, 6.45) is 0. The molecule has 1 aromatic carbocycles. The van der Waals surface area contributed by atoms with E-state index < -0.39 is 0 Å². The first-order chi connectivity index (χ1) is 12.2. The van der Waals surface area contributed by atoms with Crippen molar-refractivity contribution >= 4 is 35.6 Å². The topological polar surface area (TPSA) is 77.0 Å². The SMILES string of the molecule is CCOc1ccc(NC(=NC)NCc2cccc(OC)n2)cc1OC.I. The van der Waals surface area contributed by atoms with E-state index in [0.717, 1.165) is 11.4 Å². The zero-order chi connectivity index (χ0) is 18.1. The molecular formula is C18H25IN4O3. The summed E-state index contributed by atoms with van der Waals surface area (Å²) in [5, 5.41) is 6.43. The third-order valence-electron chi connectivity index (χ3n) is 3.38. The summed E-state index contributed by atoms with van der Waals surface area (Å²) >= 11 is 0. The average Bonchev–Trinajstić information content (AvgIpc) is 2.66. The second kappa shape index (κ2) is 11.4. The largest absolute Gasteiger partial charge is 0.493 e. The van der Waals surface area contributed by atoms with Gasteiger partial charge >= 0.3 is 0 Å². The maximum absolute atomic E-state index is 5.52. The molecule has 1 heterocycles. The molecule has 0 spiro atoms. The van der Waals surface area contributed by atoms with Gasteiger partial charge in [0.1, 0.15) is 0 Å². The molecule has 8 heteroatoms. The van der Waals surface area contributed by atoms with Crippen LogP contribution in [-0.2, 0) is 6.54 Å². The normalized spacial score (nSPS) is 10.5. The van der Waals surface area contributed by atoms with Gasteiger partial charge in [-0.15, -0.1) is 24.0 Å². The highest BCUT2D eigenvalue weighted by atomic mass is 127. The Morgan fingerprint density at radius 1 is 1.12 bits per heavy atom. The number of benzene rings is 1. The van der Waals surface area contributed by atoms with Crippen LogP contribution in [0.1, 0.15) is 12.6 Å². The number of halogens is 1. The Bertz CT molecular complexity index is 725. The van der Waals surface area contributed by atoms with E-state index in [1.165, 1.54) is 0 Å². The third kappa shape index (κ3) is 6.25. The molecule has 0 aliphatic heterocycles. The quantitative estimate of drug-likeness (QED) is 0.366. The van der Waals surface area contributed by atoms with E-state index in [2.05, 4.69) is 20.6 Å². The number of guanidine groups is 1. The van der Waals surface area contributed by atoms with Crippen LogP contribution in [0.25, 0.3) is 0 Å². The predicted molar refractivity (Wildman–Crippen MR) is 114 cm³/mol. The van der Waals surface area contributed by atoms with E-state index in [1.54, 1.807) is 21.3 Å². The van der Waals surface area contributed by atoms with Crippen molar-refractivity contribution in [3.8, 4) is 17.4 Å². The fourth-order valence-electron chi connectivity index (χ4n) is 2.18. The lowest BCUT2D eigenvalue weighted by Crippen LogP contribution is -2.30. The van der Waals surface area contributed by atoms with Crippen molar-refractivity contribution < 1.29 is 14.2 Å². The highest BCUT2D eigenvalue weighted by Crippen LogP contribution is 2.30. The van der Waals surface area contributed by atoms with Gasteiger partial charge in [0.05, 0.1) is 33.1 Å². The highest BCUT2D eigenvalue weighted by Gasteiger charge is 2.07. The van der Waals surface area contributed by atoms with E-state index >= 15 is 0 Å². The number of hydrogen-bond acceptors (Lipinski definition) is 5. The Hall–Kier alpha value is -2.23. The Morgan fingerprint density at radius 2 is 1.92 bits per heavy atom. The number of aromatic nitrogens is 1. The molecule has 2 N–H and O–H groups in total. The number of methoxy groups -OCH3 is 2. The highest BCUT2D eigenvalue weighted by molar-refractivity contribution is 14.0. The average molecular weight is 472 g/mol. The van der Waals surface area contributed by atoms with Crippen LogP contribution >= 0.6 is 24.0 Å². The molecule has 0 aliphatic carbocycles. The maximum Gasteiger partial charge on any atom is 0.213 e. The minimum Gasteiger partial charge on any atom is -0.493 e. The molecule has 2 aromatic rings. The number of rotatable bonds is 7. The predicted octanol–water partition coefficient (Wildman–Crippen LogP) is 3.30. The van der Waals surface area contributed by atoms with Crippen LogP contribution < -0.4 is 24.8 Å². The van der Waals surface area contributed by atoms with Crippen molar-refractivity contribution in [3.05, 3.63) is 42.1 Å². The van der Waals surface area contributed by atoms with Crippen molar-refractivity contribution in [3.63, 3.8) is 0 Å². The van der Waals surface area contributed by atoms with Crippen LogP contribution in [0.3, 0.4) is 0 Å². The van der Waals surface area contributed by atoms with E-state index in [1.807, 2.05) is 43.3 Å². The first kappa shape index (κ1) is 21.8. The van der Waals surface area contributed by atoms with E-state index in [-0.39, 0.29) is 24.0 Å². The van der Waals surface area contributed by atoms with Gasteiger partial charge in [-0.25, -0.2) is 4.98 Å². The van der Waals surface area contributed by atoms with Crippen molar-refractivity contribution in [1.29, 1.82) is 0 Å². The molecule has 0 fully saturated rings. The molecule has 7 nitrogen and oxygen atoms in total. The zero-order valence-electron chi connectivity index (χ0n) is 15.4. The number of ether oxygens (including phenoxy) is 3. The lowest BCUT2D eigenvalue weighted by molar-refractivity contribution is 0.311. The fourth-order valence-corrected chi connectivity index (χ4v) is 2.18. The van der Waals surface area contributed by atoms with Crippen LogP contribution in [0.5, 0.6) is 17.4 Å². The van der Waals surface area contributed by atoms with Crippen molar-refractivity contribution in [1.82, 2.24) is 10.3 Å². The summed E-state index contributed by atoms with van der Waals surface area (Å²) in [5.74, 6) is 2.57. The molecular weight excluding hydrogens is 447 g/mol. The van der Waals surface area contributed by atoms with Gasteiger partial charge in [-0.3, -0.25) is 4.99 Å². The van der Waals surface area contributed by atoms with Crippen molar-refractivity contribution in [2.24, 2.45) is 4.99 Å². The molecule has 0 atom stereocenters. The Morgan fingerprint density at radius 3 is 2.58 bits per heavy atom. The molecule has 0 saturated heterocycles. The second-order valence-electron chi connectivity index (χ2n) is 5.02. The zero-order valence-corrected chi connectivity index (χ0v) is 17.7. The lowest BCUT2D eigenvalue weighted by Gasteiger charge is -2.14. The summed E-state index contributed by atoms with van der Waals surface area (Å²) in [5.41, 5.74) is 1.69. The molecule has 0 radical (unpaired) electrons. The molecule has 0 unspecified atom stereocenters. The molecule has 0 amide bonds. The summed E-state index contributed by atoms with van der Waals surface area (Å²) in [6.45, 7) is 3.04. The van der Waals surface area contributed by atoms with Gasteiger partial charge in [0.2, 0.25) is 5.88 Å². The van der Waals surface area contributed by atoms with Gasteiger partial charge in [0.15, 0.2) is 17.5 Å². The number of aliphatic imine (C=N–C) groups is 1. The van der Waals surface area contributed by atoms with Gasteiger partial charge in [0.25, 0.3) is 0 Å². The number of anilines is 1. The lowest BCUT2D eigenvalue weighted by atomic mass is 10.2. The van der Waals surface area contributed by atoms with E-state index in [0.29, 0.717) is 36.5 Å². The minimum atomic E-state index is 0. The number of nitrogens with one attached hydrogen (secondary N) is 2. The van der Waals surface area contributed by atoms with Gasteiger partial charge in [-0.2, -0.15) is 0 Å². The van der Waals surface area contributed by atoms with Crippen molar-refractivity contribution in [2.45, 2.75) is 13.5 Å². The van der Waals surface area contributed by atoms with Crippen molar-refractivity contribution in [2.75, 3.05) is 33.2 Å². The van der Waals surface area contributed by atoms with Crippen LogP contribution in [0.4, 0.5) is 5.69 Å². The minimum absolute atomic E-state index is 0. The molecule has 0 bridgehead atoms. The third-order valence-corrected chi connectivity index (χ3v) is 3.38. The molecule has 0 saturated carbocycles. The molecule has 0 aliphatic rings. The van der Waals surface area contributed by atoms with Gasteiger partial charge in [-0.05, 0) is 25.1 Å². The standard InChI is InChI=1S/C18H24N4O3.HI/c1-5-25-15-10-9-13(11-16(15)23-3)22-18(19-2)20-12-14-7-6-8-17(21-14)24-4;/h6-11H,5,12H2,1-4H3,(H2,19,20,22);1H. The first-order valence-electron chi connectivity index (χ1n) is 7.98. The molecule has 26 heavy (non-hydrogen) atoms. The molecule has 142 valence electrons. The van der Waals surface area contributed by atoms with Gasteiger partial charge in [0, 0.05) is 24.9 Å². The number of nitrogens with zero attached hydrogens (tertiary/aromatic N) is 2. The van der Waals surface area contributed by atoms with E-state index in [4.69, 9.17) is 14.2 Å². The Kier molecular flexibility index (Phi) is 9.56. The number of pyridine rings is 1. The number of hydrogen-bond donors (Lipinski definition) is 2. The summed E-state index contributed by atoms with van der Waals surface area (Å²) in [7, 11) is 4.92. The van der Waals surface area contributed by atoms with Gasteiger partial charge < -0.3 is 24.8 Å². The Labute approximate surface area is 171 Å². The molecule has 2 rings (SSSR count). The fraction of sp³-hybridized carbons (Fsp3) is 0.333. The Balaban J connectivity index is 0.00000338. The molecule has 1 aromatic heterocycles. The first-order valence-corrected chi connectivity index (χ1v) is 7.98. The maximum atomic E-state index is 5.52. The monoisotopic (exact) mass is 472 g/mol. The van der Waals surface area contributed by atoms with Crippen LogP contribution in [0.15, 0.2) is 41.4 Å². The van der Waals surface area contributed by atoms with Crippen LogP contribution in [0.2, 0.25) is 0 Å². The van der Waals surface area contributed by atoms with Crippen LogP contribution in [-0.4, -0.2) is 38.8 Å². The van der Waals surface area contributed by atoms with E-state index in [9.17, 15) is 0 Å². The summed E-state index contributed by atoms with van der Waals surface area (Å²) in [6, 6.07) is 11.3. The van der Waals surface area contributed by atoms with Gasteiger partial charge in [-0.1, -0.05) is 6.07 Å². The van der Waals surface area contributed by atoms with Crippen LogP contribution in [0, 0.1) is 0 Å².